The Morgan fingerprint density at radius 2 is 2.15 bits per heavy atom. The summed E-state index contributed by atoms with van der Waals surface area (Å²) in [5.41, 5.74) is 0. The molecule has 0 aliphatic heterocycles. The van der Waals surface area contributed by atoms with Gasteiger partial charge in [-0.3, -0.25) is 14.5 Å². The van der Waals surface area contributed by atoms with Crippen LogP contribution in [0.3, 0.4) is 0 Å². The van der Waals surface area contributed by atoms with Crippen LogP contribution in [0.4, 0.5) is 0 Å². The van der Waals surface area contributed by atoms with E-state index in [9.17, 15) is 9.59 Å². The molecule has 0 bridgehead atoms. The Morgan fingerprint density at radius 1 is 1.50 bits per heavy atom. The van der Waals surface area contributed by atoms with E-state index in [1.807, 2.05) is 4.90 Å². The first-order valence-corrected chi connectivity index (χ1v) is 6.46. The van der Waals surface area contributed by atoms with Gasteiger partial charge in [0, 0.05) is 32.7 Å². The topological polar surface area (TPSA) is 80.9 Å². The van der Waals surface area contributed by atoms with Gasteiger partial charge in [-0.2, -0.15) is 6.42 Å². The Balaban J connectivity index is 0. The fraction of sp³-hybridized carbons (Fsp3) is 0.769. The summed E-state index contributed by atoms with van der Waals surface area (Å²) in [7, 11) is 0. The minimum atomic E-state index is -0.918. The molecule has 20 heavy (non-hydrogen) atoms. The second kappa shape index (κ2) is 13.9. The number of nitrogens with zero attached hydrogens (tertiary/aromatic N) is 2. The molecule has 1 N–H and O–H groups in total. The molecule has 0 heterocycles. The van der Waals surface area contributed by atoms with Crippen LogP contribution in [0.15, 0.2) is 0 Å². The number of carbonyl (C=O) groups is 2. The third-order valence-electron chi connectivity index (χ3n) is 2.85. The minimum Gasteiger partial charge on any atom is -0.653 e. The number of rotatable bonds is 12. The molecule has 0 amide bonds. The third-order valence-corrected chi connectivity index (χ3v) is 2.85. The summed E-state index contributed by atoms with van der Waals surface area (Å²) in [6.45, 7) is 9.82. The van der Waals surface area contributed by atoms with Crippen molar-refractivity contribution in [2.75, 3.05) is 26.4 Å². The summed E-state index contributed by atoms with van der Waals surface area (Å²) < 4.78 is 4.82. The zero-order valence-corrected chi connectivity index (χ0v) is 15.2. The van der Waals surface area contributed by atoms with E-state index in [0.29, 0.717) is 25.5 Å². The molecule has 0 rings (SSSR count). The molecular formula is C13H24N2O4Y-2. The standard InChI is InChI=1S/C13H24N2O4.Y/c1-4-12(11(2)3)15(9-19-10-16)7-5-6-14-8-13(17)18;/h10-12H,1,4-9H2,2-3H3,(H,17,18);/q-2;. The van der Waals surface area contributed by atoms with E-state index in [4.69, 9.17) is 9.84 Å². The van der Waals surface area contributed by atoms with Crippen molar-refractivity contribution in [3.63, 3.8) is 0 Å². The molecule has 1 radical (unpaired) electrons. The predicted octanol–water partition coefficient (Wildman–Crippen LogP) is 1.51. The van der Waals surface area contributed by atoms with Crippen LogP contribution < -0.4 is 0 Å². The average molecular weight is 361 g/mol. The monoisotopic (exact) mass is 361 g/mol. The zero-order valence-electron chi connectivity index (χ0n) is 12.3. The van der Waals surface area contributed by atoms with E-state index in [1.54, 1.807) is 0 Å². The number of ether oxygens (including phenoxy) is 1. The second-order valence-corrected chi connectivity index (χ2v) is 4.66. The van der Waals surface area contributed by atoms with Gasteiger partial charge in [0.25, 0.3) is 12.4 Å². The molecule has 0 saturated heterocycles. The number of hydrogen-bond donors (Lipinski definition) is 1. The van der Waals surface area contributed by atoms with Crippen LogP contribution in [0.2, 0.25) is 0 Å². The molecule has 1 atom stereocenters. The van der Waals surface area contributed by atoms with Gasteiger partial charge in [-0.05, 0) is 25.0 Å². The quantitative estimate of drug-likeness (QED) is 0.247. The molecule has 0 aromatic rings. The van der Waals surface area contributed by atoms with Gasteiger partial charge in [0.1, 0.15) is 6.73 Å². The van der Waals surface area contributed by atoms with E-state index in [2.05, 4.69) is 26.1 Å². The van der Waals surface area contributed by atoms with E-state index in [0.717, 1.165) is 12.8 Å². The van der Waals surface area contributed by atoms with Crippen molar-refractivity contribution in [1.82, 2.24) is 4.90 Å². The van der Waals surface area contributed by atoms with Gasteiger partial charge in [-0.25, -0.2) is 0 Å². The zero-order chi connectivity index (χ0) is 14.7. The van der Waals surface area contributed by atoms with Crippen LogP contribution in [0.25, 0.3) is 5.32 Å². The van der Waals surface area contributed by atoms with Crippen LogP contribution in [0.5, 0.6) is 0 Å². The fourth-order valence-corrected chi connectivity index (χ4v) is 1.95. The molecule has 1 unspecified atom stereocenters. The average Bonchev–Trinajstić information content (AvgIpc) is 2.34. The number of carbonyl (C=O) groups excluding carboxylic acids is 1. The van der Waals surface area contributed by atoms with Crippen molar-refractivity contribution >= 4 is 12.4 Å². The fourth-order valence-electron chi connectivity index (χ4n) is 1.95. The maximum absolute atomic E-state index is 10.3. The van der Waals surface area contributed by atoms with Gasteiger partial charge < -0.3 is 22.1 Å². The first-order valence-electron chi connectivity index (χ1n) is 6.46. The van der Waals surface area contributed by atoms with Crippen molar-refractivity contribution in [2.45, 2.75) is 32.7 Å². The Hall–Kier alpha value is -0.0361. The molecule has 0 aromatic heterocycles. The number of aliphatic carboxylic acids is 1. The summed E-state index contributed by atoms with van der Waals surface area (Å²) in [5, 5.41) is 12.4. The molecule has 0 spiro atoms. The Kier molecular flexibility index (Phi) is 15.5. The predicted molar refractivity (Wildman–Crippen MR) is 72.7 cm³/mol. The molecule has 115 valence electrons. The number of hydrogen-bond acceptors (Lipinski definition) is 4. The number of carboxylic acid groups (broad SMARTS) is 1. The Bertz CT molecular complexity index is 265. The van der Waals surface area contributed by atoms with E-state index < -0.39 is 5.97 Å². The summed E-state index contributed by atoms with van der Waals surface area (Å²) >= 11 is 0. The molecule has 0 saturated carbocycles. The molecule has 0 aliphatic rings. The van der Waals surface area contributed by atoms with Gasteiger partial charge in [-0.15, -0.1) is 6.54 Å². The Morgan fingerprint density at radius 3 is 2.60 bits per heavy atom. The van der Waals surface area contributed by atoms with E-state index in [-0.39, 0.29) is 52.0 Å². The summed E-state index contributed by atoms with van der Waals surface area (Å²) in [5.74, 6) is -0.511. The summed E-state index contributed by atoms with van der Waals surface area (Å²) in [6, 6.07) is 0.236. The Labute approximate surface area is 146 Å². The molecule has 0 fully saturated rings. The van der Waals surface area contributed by atoms with Gasteiger partial charge in [0.2, 0.25) is 0 Å². The maximum atomic E-state index is 10.3. The minimum absolute atomic E-state index is 0. The third kappa shape index (κ3) is 10.7. The van der Waals surface area contributed by atoms with Crippen LogP contribution >= 0.6 is 0 Å². The van der Waals surface area contributed by atoms with Gasteiger partial charge in [0.05, 0.1) is 0 Å². The van der Waals surface area contributed by atoms with E-state index >= 15 is 0 Å². The summed E-state index contributed by atoms with van der Waals surface area (Å²) in [6.07, 6.45) is 1.46. The van der Waals surface area contributed by atoms with Gasteiger partial charge >= 0.3 is 0 Å². The number of carboxylic acids is 1. The molecular weight excluding hydrogens is 337 g/mol. The summed E-state index contributed by atoms with van der Waals surface area (Å²) in [4.78, 5) is 22.6. The van der Waals surface area contributed by atoms with Crippen LogP contribution in [-0.4, -0.2) is 54.9 Å². The molecule has 0 aliphatic carbocycles. The molecule has 6 nitrogen and oxygen atoms in total. The van der Waals surface area contributed by atoms with Crippen molar-refractivity contribution in [3.05, 3.63) is 12.2 Å². The molecule has 0 aromatic carbocycles. The first-order chi connectivity index (χ1) is 9.02. The van der Waals surface area contributed by atoms with Crippen molar-refractivity contribution in [3.8, 4) is 0 Å². The van der Waals surface area contributed by atoms with Crippen molar-refractivity contribution < 1.29 is 52.1 Å². The van der Waals surface area contributed by atoms with Crippen LogP contribution in [-0.2, 0) is 47.0 Å². The maximum Gasteiger partial charge on any atom is 0.294 e. The van der Waals surface area contributed by atoms with E-state index in [1.165, 1.54) is 0 Å². The molecule has 7 heteroatoms. The smallest absolute Gasteiger partial charge is 0.294 e. The van der Waals surface area contributed by atoms with Gasteiger partial charge in [-0.1, -0.05) is 20.3 Å². The van der Waals surface area contributed by atoms with Gasteiger partial charge in [0.15, 0.2) is 0 Å². The van der Waals surface area contributed by atoms with Crippen LogP contribution in [0.1, 0.15) is 26.7 Å². The SMILES string of the molecule is [CH2-]CC(C(C)C)N(CCC[N-]CC(=O)O)COC=O.[Y]. The normalized spacial score (nSPS) is 12.1. The van der Waals surface area contributed by atoms with Crippen molar-refractivity contribution in [2.24, 2.45) is 5.92 Å². The largest absolute Gasteiger partial charge is 0.653 e. The van der Waals surface area contributed by atoms with Crippen LogP contribution in [0, 0.1) is 12.8 Å². The first kappa shape index (κ1) is 22.2. The van der Waals surface area contributed by atoms with Crippen molar-refractivity contribution in [1.29, 1.82) is 0 Å². The second-order valence-electron chi connectivity index (χ2n) is 4.66.